The molecule has 0 spiro atoms. The molecule has 2 aliphatic rings. The summed E-state index contributed by atoms with van der Waals surface area (Å²) in [6.45, 7) is 3.19. The lowest BCUT2D eigenvalue weighted by molar-refractivity contribution is -0.143. The molecule has 5 heteroatoms. The number of aliphatic carboxylic acids is 1. The van der Waals surface area contributed by atoms with Crippen LogP contribution in [0.25, 0.3) is 0 Å². The Bertz CT molecular complexity index is 517. The van der Waals surface area contributed by atoms with Crippen molar-refractivity contribution in [2.24, 2.45) is 0 Å². The van der Waals surface area contributed by atoms with E-state index in [1.807, 2.05) is 18.2 Å². The smallest absolute Gasteiger partial charge is 0.320 e. The monoisotopic (exact) mass is 277 g/mol. The molecule has 20 heavy (non-hydrogen) atoms. The molecule has 0 aliphatic carbocycles. The molecular weight excluding hydrogens is 258 g/mol. The SMILES string of the molecule is CCC(c1ccc2c(c1)OCO2)N1CCCC1C(=O)O. The van der Waals surface area contributed by atoms with Gasteiger partial charge < -0.3 is 14.6 Å². The third kappa shape index (κ3) is 2.22. The van der Waals surface area contributed by atoms with E-state index < -0.39 is 5.97 Å². The first-order chi connectivity index (χ1) is 9.70. The van der Waals surface area contributed by atoms with Gasteiger partial charge in [0.05, 0.1) is 0 Å². The largest absolute Gasteiger partial charge is 0.480 e. The van der Waals surface area contributed by atoms with Crippen LogP contribution in [-0.2, 0) is 4.79 Å². The summed E-state index contributed by atoms with van der Waals surface area (Å²) in [5.74, 6) is 0.800. The number of nitrogens with zero attached hydrogens (tertiary/aromatic N) is 1. The fourth-order valence-corrected chi connectivity index (χ4v) is 3.21. The van der Waals surface area contributed by atoms with Gasteiger partial charge in [-0.05, 0) is 43.5 Å². The van der Waals surface area contributed by atoms with Crippen LogP contribution in [0.5, 0.6) is 11.5 Å². The van der Waals surface area contributed by atoms with Crippen molar-refractivity contribution in [3.8, 4) is 11.5 Å². The third-order valence-electron chi connectivity index (χ3n) is 4.15. The Hall–Kier alpha value is -1.75. The quantitative estimate of drug-likeness (QED) is 0.916. The molecule has 0 aromatic heterocycles. The molecule has 2 aliphatic heterocycles. The number of carboxylic acids is 1. The van der Waals surface area contributed by atoms with Crippen molar-refractivity contribution in [2.75, 3.05) is 13.3 Å². The molecule has 1 N–H and O–H groups in total. The van der Waals surface area contributed by atoms with Gasteiger partial charge in [0.1, 0.15) is 6.04 Å². The zero-order valence-electron chi connectivity index (χ0n) is 11.5. The summed E-state index contributed by atoms with van der Waals surface area (Å²) >= 11 is 0. The van der Waals surface area contributed by atoms with Gasteiger partial charge in [-0.2, -0.15) is 0 Å². The maximum Gasteiger partial charge on any atom is 0.320 e. The first-order valence-electron chi connectivity index (χ1n) is 7.08. The second kappa shape index (κ2) is 5.32. The van der Waals surface area contributed by atoms with E-state index in [2.05, 4.69) is 11.8 Å². The average Bonchev–Trinajstić information content (AvgIpc) is 3.07. The maximum atomic E-state index is 11.4. The Morgan fingerprint density at radius 2 is 2.25 bits per heavy atom. The molecule has 3 rings (SSSR count). The summed E-state index contributed by atoms with van der Waals surface area (Å²) < 4.78 is 10.7. The number of carbonyl (C=O) groups is 1. The van der Waals surface area contributed by atoms with Gasteiger partial charge in [0.25, 0.3) is 0 Å². The van der Waals surface area contributed by atoms with Crippen molar-refractivity contribution >= 4 is 5.97 Å². The van der Waals surface area contributed by atoms with E-state index in [4.69, 9.17) is 9.47 Å². The summed E-state index contributed by atoms with van der Waals surface area (Å²) in [6, 6.07) is 5.65. The number of ether oxygens (including phenoxy) is 2. The molecule has 0 radical (unpaired) electrons. The van der Waals surface area contributed by atoms with Crippen molar-refractivity contribution in [1.29, 1.82) is 0 Å². The van der Waals surface area contributed by atoms with Crippen LogP contribution in [0, 0.1) is 0 Å². The minimum atomic E-state index is -0.721. The van der Waals surface area contributed by atoms with E-state index in [1.54, 1.807) is 0 Å². The lowest BCUT2D eigenvalue weighted by Gasteiger charge is -2.30. The fourth-order valence-electron chi connectivity index (χ4n) is 3.21. The van der Waals surface area contributed by atoms with Crippen molar-refractivity contribution in [3.05, 3.63) is 23.8 Å². The number of fused-ring (bicyclic) bond motifs is 1. The topological polar surface area (TPSA) is 59.0 Å². The van der Waals surface area contributed by atoms with Crippen LogP contribution < -0.4 is 9.47 Å². The number of rotatable bonds is 4. The molecule has 0 bridgehead atoms. The highest BCUT2D eigenvalue weighted by Crippen LogP contribution is 2.38. The number of likely N-dealkylation sites (tertiary alicyclic amines) is 1. The highest BCUT2D eigenvalue weighted by Gasteiger charge is 2.35. The Morgan fingerprint density at radius 1 is 1.45 bits per heavy atom. The van der Waals surface area contributed by atoms with Crippen molar-refractivity contribution in [3.63, 3.8) is 0 Å². The minimum Gasteiger partial charge on any atom is -0.480 e. The summed E-state index contributed by atoms with van der Waals surface area (Å²) in [7, 11) is 0. The normalized spacial score (nSPS) is 22.9. The van der Waals surface area contributed by atoms with Crippen molar-refractivity contribution in [1.82, 2.24) is 4.90 Å². The molecule has 1 fully saturated rings. The standard InChI is InChI=1S/C15H19NO4/c1-2-11(16-7-3-4-12(16)15(17)18)10-5-6-13-14(8-10)20-9-19-13/h5-6,8,11-12H,2-4,7,9H2,1H3,(H,17,18). The summed E-state index contributed by atoms with van der Waals surface area (Å²) in [4.78, 5) is 13.5. The second-order valence-corrected chi connectivity index (χ2v) is 5.27. The molecule has 108 valence electrons. The first kappa shape index (κ1) is 13.2. The van der Waals surface area contributed by atoms with Crippen molar-refractivity contribution in [2.45, 2.75) is 38.3 Å². The summed E-state index contributed by atoms with van der Waals surface area (Å²) in [5, 5.41) is 9.34. The second-order valence-electron chi connectivity index (χ2n) is 5.27. The van der Waals surface area contributed by atoms with Crippen LogP contribution in [-0.4, -0.2) is 35.4 Å². The molecular formula is C15H19NO4. The highest BCUT2D eigenvalue weighted by atomic mass is 16.7. The van der Waals surface area contributed by atoms with E-state index >= 15 is 0 Å². The number of carboxylic acid groups (broad SMARTS) is 1. The number of hydrogen-bond donors (Lipinski definition) is 1. The molecule has 0 saturated carbocycles. The predicted octanol–water partition coefficient (Wildman–Crippen LogP) is 2.42. The molecule has 1 aromatic carbocycles. The van der Waals surface area contributed by atoms with E-state index in [1.165, 1.54) is 0 Å². The van der Waals surface area contributed by atoms with Crippen LogP contribution in [0.2, 0.25) is 0 Å². The highest BCUT2D eigenvalue weighted by molar-refractivity contribution is 5.74. The Balaban J connectivity index is 1.88. The van der Waals surface area contributed by atoms with Crippen LogP contribution in [0.4, 0.5) is 0 Å². The van der Waals surface area contributed by atoms with Crippen molar-refractivity contribution < 1.29 is 19.4 Å². The van der Waals surface area contributed by atoms with Gasteiger partial charge in [0.15, 0.2) is 11.5 Å². The summed E-state index contributed by atoms with van der Waals surface area (Å²) in [5.41, 5.74) is 1.10. The molecule has 1 aromatic rings. The minimum absolute atomic E-state index is 0.119. The zero-order valence-corrected chi connectivity index (χ0v) is 11.5. The Kier molecular flexibility index (Phi) is 3.53. The predicted molar refractivity (Wildman–Crippen MR) is 73.0 cm³/mol. The van der Waals surface area contributed by atoms with Gasteiger partial charge in [-0.3, -0.25) is 9.69 Å². The van der Waals surface area contributed by atoms with Crippen LogP contribution in [0.15, 0.2) is 18.2 Å². The van der Waals surface area contributed by atoms with Gasteiger partial charge in [-0.25, -0.2) is 0 Å². The van der Waals surface area contributed by atoms with E-state index in [9.17, 15) is 9.90 Å². The van der Waals surface area contributed by atoms with E-state index in [0.29, 0.717) is 0 Å². The summed E-state index contributed by atoms with van der Waals surface area (Å²) in [6.07, 6.45) is 2.55. The van der Waals surface area contributed by atoms with Gasteiger partial charge in [0.2, 0.25) is 6.79 Å². The number of benzene rings is 1. The van der Waals surface area contributed by atoms with Crippen LogP contribution in [0.3, 0.4) is 0 Å². The van der Waals surface area contributed by atoms with Crippen LogP contribution >= 0.6 is 0 Å². The van der Waals surface area contributed by atoms with E-state index in [-0.39, 0.29) is 18.9 Å². The maximum absolute atomic E-state index is 11.4. The molecule has 1 saturated heterocycles. The lowest BCUT2D eigenvalue weighted by atomic mass is 10.0. The molecule has 0 amide bonds. The van der Waals surface area contributed by atoms with E-state index in [0.717, 1.165) is 42.9 Å². The molecule has 2 heterocycles. The molecule has 2 unspecified atom stereocenters. The average molecular weight is 277 g/mol. The molecule has 5 nitrogen and oxygen atoms in total. The zero-order chi connectivity index (χ0) is 14.1. The van der Waals surface area contributed by atoms with Gasteiger partial charge in [-0.1, -0.05) is 13.0 Å². The van der Waals surface area contributed by atoms with Gasteiger partial charge in [-0.15, -0.1) is 0 Å². The first-order valence-corrected chi connectivity index (χ1v) is 7.08. The fraction of sp³-hybridized carbons (Fsp3) is 0.533. The van der Waals surface area contributed by atoms with Gasteiger partial charge >= 0.3 is 5.97 Å². The molecule has 2 atom stereocenters. The Morgan fingerprint density at radius 3 is 3.00 bits per heavy atom. The van der Waals surface area contributed by atoms with Gasteiger partial charge in [0, 0.05) is 6.04 Å². The number of hydrogen-bond acceptors (Lipinski definition) is 4. The lowest BCUT2D eigenvalue weighted by Crippen LogP contribution is -2.38. The third-order valence-corrected chi connectivity index (χ3v) is 4.15. The van der Waals surface area contributed by atoms with Crippen LogP contribution in [0.1, 0.15) is 37.8 Å². The Labute approximate surface area is 118 Å².